The summed E-state index contributed by atoms with van der Waals surface area (Å²) in [5.74, 6) is 1.34. The van der Waals surface area contributed by atoms with Gasteiger partial charge in [-0.2, -0.15) is 0 Å². The molecule has 3 N–H and O–H groups in total. The predicted molar refractivity (Wildman–Crippen MR) is 86.7 cm³/mol. The minimum atomic E-state index is -0.911. The lowest BCUT2D eigenvalue weighted by molar-refractivity contribution is 0.209. The number of anilines is 1. The van der Waals surface area contributed by atoms with Gasteiger partial charge in [0, 0.05) is 18.5 Å². The molecule has 4 rings (SSSR count). The Morgan fingerprint density at radius 1 is 1.33 bits per heavy atom. The Morgan fingerprint density at radius 3 is 3.00 bits per heavy atom. The third-order valence-electron chi connectivity index (χ3n) is 3.87. The van der Waals surface area contributed by atoms with Crippen LogP contribution < -0.4 is 15.8 Å². The topological polar surface area (TPSA) is 107 Å². The van der Waals surface area contributed by atoms with E-state index in [1.807, 2.05) is 16.7 Å². The molecule has 1 aliphatic rings. The van der Waals surface area contributed by atoms with E-state index in [9.17, 15) is 4.79 Å². The number of fused-ring (bicyclic) bond motifs is 1. The molecule has 3 aromatic rings. The van der Waals surface area contributed by atoms with E-state index in [2.05, 4.69) is 32.5 Å². The summed E-state index contributed by atoms with van der Waals surface area (Å²) in [5.41, 5.74) is 8.13. The summed E-state index contributed by atoms with van der Waals surface area (Å²) in [6.45, 7) is 0.494. The number of hydrogen-bond donors (Lipinski definition) is 2. The Bertz CT molecular complexity index is 902. The molecular weight excluding hydrogens is 308 g/mol. The maximum absolute atomic E-state index is 10.7. The predicted octanol–water partition coefficient (Wildman–Crippen LogP) is 2.07. The van der Waals surface area contributed by atoms with Crippen molar-refractivity contribution in [1.82, 2.24) is 19.4 Å². The van der Waals surface area contributed by atoms with Gasteiger partial charge in [0.25, 0.3) is 0 Å². The van der Waals surface area contributed by atoms with Gasteiger partial charge in [0.2, 0.25) is 5.88 Å². The molecule has 122 valence electrons. The Morgan fingerprint density at radius 2 is 2.21 bits per heavy atom. The highest BCUT2D eigenvalue weighted by atomic mass is 16.6. The van der Waals surface area contributed by atoms with E-state index in [0.29, 0.717) is 18.3 Å². The Hall–Kier alpha value is -3.16. The van der Waals surface area contributed by atoms with Gasteiger partial charge in [-0.3, -0.25) is 0 Å². The van der Waals surface area contributed by atoms with Gasteiger partial charge < -0.3 is 20.2 Å². The summed E-state index contributed by atoms with van der Waals surface area (Å²) in [7, 11) is 0. The lowest BCUT2D eigenvalue weighted by Gasteiger charge is -2.04. The van der Waals surface area contributed by atoms with Gasteiger partial charge >= 0.3 is 6.09 Å². The quantitative estimate of drug-likeness (QED) is 0.744. The number of carbonyl (C=O) groups is 1. The van der Waals surface area contributed by atoms with Gasteiger partial charge in [-0.1, -0.05) is 6.07 Å². The first kappa shape index (κ1) is 14.4. The van der Waals surface area contributed by atoms with E-state index in [4.69, 9.17) is 10.5 Å². The fourth-order valence-corrected chi connectivity index (χ4v) is 2.58. The minimum absolute atomic E-state index is 0.101. The smallest absolute Gasteiger partial charge is 0.391 e. The number of rotatable bonds is 5. The number of primary amides is 1. The van der Waals surface area contributed by atoms with Crippen LogP contribution in [0.15, 0.2) is 36.9 Å². The molecule has 24 heavy (non-hydrogen) atoms. The van der Waals surface area contributed by atoms with Crippen molar-refractivity contribution in [3.8, 4) is 5.88 Å². The number of imidazole rings is 1. The van der Waals surface area contributed by atoms with Crippen LogP contribution in [-0.2, 0) is 6.54 Å². The molecule has 0 bridgehead atoms. The molecule has 0 saturated heterocycles. The van der Waals surface area contributed by atoms with Crippen molar-refractivity contribution < 1.29 is 9.53 Å². The lowest BCUT2D eigenvalue weighted by atomic mass is 10.2. The van der Waals surface area contributed by atoms with Crippen LogP contribution in [0.25, 0.3) is 5.65 Å². The maximum atomic E-state index is 10.7. The maximum Gasteiger partial charge on any atom is 0.411 e. The summed E-state index contributed by atoms with van der Waals surface area (Å²) in [4.78, 5) is 23.2. The molecule has 3 aromatic heterocycles. The molecule has 0 spiro atoms. The normalized spacial score (nSPS) is 13.8. The molecule has 0 atom stereocenters. The van der Waals surface area contributed by atoms with Crippen molar-refractivity contribution in [2.24, 2.45) is 5.73 Å². The number of aromatic nitrogens is 4. The molecule has 1 aliphatic carbocycles. The standard InChI is InChI=1S/C16H16N6O2/c17-16(23)24-15-5-13(19-9-20-15)18-6-12-8-22-7-11(10-1-2-10)3-4-14(22)21-12/h3-5,7-10H,1-2,6H2,(H2,17,23)(H,18,19,20). The van der Waals surface area contributed by atoms with E-state index >= 15 is 0 Å². The molecule has 8 heteroatoms. The van der Waals surface area contributed by atoms with Crippen LogP contribution in [-0.4, -0.2) is 25.4 Å². The van der Waals surface area contributed by atoms with Crippen LogP contribution in [0.3, 0.4) is 0 Å². The van der Waals surface area contributed by atoms with Crippen molar-refractivity contribution in [2.45, 2.75) is 25.3 Å². The zero-order valence-electron chi connectivity index (χ0n) is 12.8. The van der Waals surface area contributed by atoms with Gasteiger partial charge in [-0.25, -0.2) is 19.7 Å². The van der Waals surface area contributed by atoms with Crippen molar-refractivity contribution in [3.05, 3.63) is 48.2 Å². The van der Waals surface area contributed by atoms with Gasteiger partial charge in [0.1, 0.15) is 17.8 Å². The average Bonchev–Trinajstić information content (AvgIpc) is 3.32. The molecule has 1 saturated carbocycles. The van der Waals surface area contributed by atoms with E-state index in [1.165, 1.54) is 30.8 Å². The highest BCUT2D eigenvalue weighted by Gasteiger charge is 2.23. The SMILES string of the molecule is NC(=O)Oc1cc(NCc2cn3cc(C4CC4)ccc3n2)ncn1. The highest BCUT2D eigenvalue weighted by Crippen LogP contribution is 2.39. The van der Waals surface area contributed by atoms with Crippen molar-refractivity contribution in [3.63, 3.8) is 0 Å². The van der Waals surface area contributed by atoms with Crippen LogP contribution in [0.1, 0.15) is 30.0 Å². The fraction of sp³-hybridized carbons (Fsp3) is 0.250. The number of amides is 1. The average molecular weight is 324 g/mol. The first-order valence-corrected chi connectivity index (χ1v) is 7.68. The lowest BCUT2D eigenvalue weighted by Crippen LogP contribution is -2.17. The first-order chi connectivity index (χ1) is 11.7. The van der Waals surface area contributed by atoms with Crippen molar-refractivity contribution >= 4 is 17.6 Å². The van der Waals surface area contributed by atoms with Crippen LogP contribution in [0.2, 0.25) is 0 Å². The number of nitrogens with zero attached hydrogens (tertiary/aromatic N) is 4. The number of hydrogen-bond acceptors (Lipinski definition) is 6. The Kier molecular flexibility index (Phi) is 3.49. The van der Waals surface area contributed by atoms with E-state index in [-0.39, 0.29) is 5.88 Å². The van der Waals surface area contributed by atoms with Gasteiger partial charge in [0.05, 0.1) is 12.2 Å². The third kappa shape index (κ3) is 3.12. The number of pyridine rings is 1. The monoisotopic (exact) mass is 324 g/mol. The van der Waals surface area contributed by atoms with Crippen LogP contribution in [0.5, 0.6) is 5.88 Å². The summed E-state index contributed by atoms with van der Waals surface area (Å²) in [6, 6.07) is 5.70. The number of carbonyl (C=O) groups excluding carboxylic acids is 1. The second-order valence-electron chi connectivity index (χ2n) is 5.75. The van der Waals surface area contributed by atoms with Crippen LogP contribution in [0.4, 0.5) is 10.6 Å². The second-order valence-corrected chi connectivity index (χ2v) is 5.75. The van der Waals surface area contributed by atoms with E-state index in [0.717, 1.165) is 11.3 Å². The molecule has 3 heterocycles. The zero-order valence-corrected chi connectivity index (χ0v) is 12.8. The summed E-state index contributed by atoms with van der Waals surface area (Å²) >= 11 is 0. The fourth-order valence-electron chi connectivity index (χ4n) is 2.58. The van der Waals surface area contributed by atoms with Crippen LogP contribution in [0, 0.1) is 0 Å². The molecule has 8 nitrogen and oxygen atoms in total. The van der Waals surface area contributed by atoms with Crippen LogP contribution >= 0.6 is 0 Å². The highest BCUT2D eigenvalue weighted by molar-refractivity contribution is 5.67. The Balaban J connectivity index is 1.47. The molecular formula is C16H16N6O2. The Labute approximate surface area is 137 Å². The van der Waals surface area contributed by atoms with Crippen molar-refractivity contribution in [1.29, 1.82) is 0 Å². The molecule has 0 radical (unpaired) electrons. The molecule has 1 amide bonds. The second kappa shape index (κ2) is 5.80. The molecule has 1 fully saturated rings. The summed E-state index contributed by atoms with van der Waals surface area (Å²) in [6.07, 6.45) is 7.08. The third-order valence-corrected chi connectivity index (χ3v) is 3.87. The first-order valence-electron chi connectivity index (χ1n) is 7.68. The number of nitrogens with two attached hydrogens (primary N) is 1. The van der Waals surface area contributed by atoms with E-state index in [1.54, 1.807) is 0 Å². The summed E-state index contributed by atoms with van der Waals surface area (Å²) < 4.78 is 6.77. The van der Waals surface area contributed by atoms with E-state index < -0.39 is 6.09 Å². The molecule has 0 aliphatic heterocycles. The number of nitrogens with one attached hydrogen (secondary N) is 1. The van der Waals surface area contributed by atoms with Gasteiger partial charge in [0.15, 0.2) is 0 Å². The number of ether oxygens (including phenoxy) is 1. The summed E-state index contributed by atoms with van der Waals surface area (Å²) in [5, 5.41) is 3.13. The van der Waals surface area contributed by atoms with Gasteiger partial charge in [-0.15, -0.1) is 0 Å². The minimum Gasteiger partial charge on any atom is -0.391 e. The molecule has 0 aromatic carbocycles. The zero-order chi connectivity index (χ0) is 16.5. The van der Waals surface area contributed by atoms with Crippen molar-refractivity contribution in [2.75, 3.05) is 5.32 Å². The van der Waals surface area contributed by atoms with Gasteiger partial charge in [-0.05, 0) is 30.4 Å². The molecule has 0 unspecified atom stereocenters. The largest absolute Gasteiger partial charge is 0.411 e.